The minimum Gasteiger partial charge on any atom is -0.302 e. The van der Waals surface area contributed by atoms with Gasteiger partial charge in [-0.2, -0.15) is 0 Å². The van der Waals surface area contributed by atoms with Crippen LogP contribution in [0.25, 0.3) is 22.4 Å². The second-order valence-corrected chi connectivity index (χ2v) is 7.63. The number of thiazole rings is 1. The van der Waals surface area contributed by atoms with Crippen LogP contribution in [0.2, 0.25) is 5.02 Å². The summed E-state index contributed by atoms with van der Waals surface area (Å²) in [4.78, 5) is 16.8. The van der Waals surface area contributed by atoms with E-state index in [4.69, 9.17) is 11.6 Å². The number of nitrogens with one attached hydrogen (secondary N) is 1. The molecule has 3 nitrogen and oxygen atoms in total. The smallest absolute Gasteiger partial charge is 0.230 e. The average molecular weight is 405 g/mol. The summed E-state index contributed by atoms with van der Waals surface area (Å²) in [6.07, 6.45) is 0.290. The lowest BCUT2D eigenvalue weighted by Crippen LogP contribution is -2.14. The maximum absolute atomic E-state index is 12.2. The summed E-state index contributed by atoms with van der Waals surface area (Å²) in [6.45, 7) is 0. The van der Waals surface area contributed by atoms with Crippen LogP contribution in [0.4, 0.5) is 5.13 Å². The molecule has 0 saturated carbocycles. The lowest BCUT2D eigenvalue weighted by Gasteiger charge is -2.03. The van der Waals surface area contributed by atoms with Gasteiger partial charge < -0.3 is 5.32 Å². The quantitative estimate of drug-likeness (QED) is 0.423. The Balaban J connectivity index is 1.42. The van der Waals surface area contributed by atoms with Crippen LogP contribution < -0.4 is 5.32 Å². The van der Waals surface area contributed by atoms with Crippen molar-refractivity contribution in [1.29, 1.82) is 0 Å². The summed E-state index contributed by atoms with van der Waals surface area (Å²) in [6, 6.07) is 25.8. The lowest BCUT2D eigenvalue weighted by molar-refractivity contribution is -0.115. The van der Waals surface area contributed by atoms with Crippen molar-refractivity contribution < 1.29 is 4.79 Å². The third-order valence-electron chi connectivity index (χ3n) is 4.32. The fraction of sp³-hybridized carbons (Fsp3) is 0.0435. The van der Waals surface area contributed by atoms with Crippen LogP contribution in [0.1, 0.15) is 5.56 Å². The maximum atomic E-state index is 12.2. The molecule has 0 unspecified atom stereocenters. The Labute approximate surface area is 172 Å². The Hall–Kier alpha value is -2.95. The molecule has 0 spiro atoms. The molecule has 28 heavy (non-hydrogen) atoms. The number of nitrogens with zero attached hydrogens (tertiary/aromatic N) is 1. The Kier molecular flexibility index (Phi) is 5.51. The standard InChI is InChI=1S/C23H17ClN2OS/c24-20-12-6-16(7-13-20)14-22(27)26-23-25-21(15-28-23)19-10-8-18(9-11-19)17-4-2-1-3-5-17/h1-13,15H,14H2,(H,25,26,27). The van der Waals surface area contributed by atoms with Crippen LogP contribution in [-0.2, 0) is 11.2 Å². The lowest BCUT2D eigenvalue weighted by atomic mass is 10.0. The largest absolute Gasteiger partial charge is 0.302 e. The molecule has 1 heterocycles. The van der Waals surface area contributed by atoms with Gasteiger partial charge in [0.05, 0.1) is 12.1 Å². The molecule has 3 aromatic carbocycles. The van der Waals surface area contributed by atoms with E-state index < -0.39 is 0 Å². The van der Waals surface area contributed by atoms with Crippen LogP contribution in [-0.4, -0.2) is 10.9 Å². The molecule has 0 fully saturated rings. The van der Waals surface area contributed by atoms with Gasteiger partial charge in [0.25, 0.3) is 0 Å². The second-order valence-electron chi connectivity index (χ2n) is 6.33. The van der Waals surface area contributed by atoms with E-state index in [0.29, 0.717) is 10.2 Å². The summed E-state index contributed by atoms with van der Waals surface area (Å²) in [5.41, 5.74) is 5.13. The number of halogens is 1. The normalized spacial score (nSPS) is 10.6. The van der Waals surface area contributed by atoms with Crippen LogP contribution >= 0.6 is 22.9 Å². The van der Waals surface area contributed by atoms with Crippen molar-refractivity contribution in [2.24, 2.45) is 0 Å². The summed E-state index contributed by atoms with van der Waals surface area (Å²) in [7, 11) is 0. The molecule has 1 amide bonds. The van der Waals surface area contributed by atoms with Gasteiger partial charge in [0, 0.05) is 16.0 Å². The SMILES string of the molecule is O=C(Cc1ccc(Cl)cc1)Nc1nc(-c2ccc(-c3ccccc3)cc2)cs1. The Morgan fingerprint density at radius 2 is 1.50 bits per heavy atom. The van der Waals surface area contributed by atoms with Crippen LogP contribution in [0, 0.1) is 0 Å². The van der Waals surface area contributed by atoms with Crippen LogP contribution in [0.15, 0.2) is 84.2 Å². The zero-order valence-corrected chi connectivity index (χ0v) is 16.5. The van der Waals surface area contributed by atoms with Gasteiger partial charge in [-0.25, -0.2) is 4.98 Å². The zero-order chi connectivity index (χ0) is 19.3. The first kappa shape index (κ1) is 18.4. The van der Waals surface area contributed by atoms with Crippen molar-refractivity contribution in [1.82, 2.24) is 4.98 Å². The molecular formula is C23H17ClN2OS. The van der Waals surface area contributed by atoms with Gasteiger partial charge in [-0.05, 0) is 28.8 Å². The summed E-state index contributed by atoms with van der Waals surface area (Å²) in [5.74, 6) is -0.0948. The monoisotopic (exact) mass is 404 g/mol. The Morgan fingerprint density at radius 1 is 0.857 bits per heavy atom. The van der Waals surface area contributed by atoms with E-state index in [1.54, 1.807) is 12.1 Å². The first-order valence-electron chi connectivity index (χ1n) is 8.83. The first-order chi connectivity index (χ1) is 13.7. The fourth-order valence-corrected chi connectivity index (χ4v) is 3.74. The molecule has 0 bridgehead atoms. The molecule has 0 saturated heterocycles. The minimum absolute atomic E-state index is 0.0948. The number of benzene rings is 3. The van der Waals surface area contributed by atoms with Gasteiger partial charge >= 0.3 is 0 Å². The molecule has 0 aliphatic heterocycles. The van der Waals surface area contributed by atoms with Gasteiger partial charge in [-0.1, -0.05) is 78.3 Å². The Morgan fingerprint density at radius 3 is 2.21 bits per heavy atom. The third kappa shape index (κ3) is 4.47. The highest BCUT2D eigenvalue weighted by Gasteiger charge is 2.09. The number of aromatic nitrogens is 1. The molecule has 138 valence electrons. The average Bonchev–Trinajstić information content (AvgIpc) is 3.19. The van der Waals surface area contributed by atoms with Gasteiger partial charge in [0.15, 0.2) is 5.13 Å². The predicted octanol–water partition coefficient (Wildman–Crippen LogP) is 6.31. The molecule has 0 aliphatic rings. The highest BCUT2D eigenvalue weighted by molar-refractivity contribution is 7.14. The molecule has 5 heteroatoms. The van der Waals surface area contributed by atoms with Gasteiger partial charge in [-0.3, -0.25) is 4.79 Å². The zero-order valence-electron chi connectivity index (χ0n) is 14.9. The summed E-state index contributed by atoms with van der Waals surface area (Å²) >= 11 is 7.30. The molecule has 1 N–H and O–H groups in total. The number of hydrogen-bond acceptors (Lipinski definition) is 3. The minimum atomic E-state index is -0.0948. The van der Waals surface area contributed by atoms with Crippen LogP contribution in [0.5, 0.6) is 0 Å². The predicted molar refractivity (Wildman–Crippen MR) is 117 cm³/mol. The van der Waals surface area contributed by atoms with E-state index in [0.717, 1.165) is 22.4 Å². The molecule has 4 aromatic rings. The van der Waals surface area contributed by atoms with E-state index in [1.165, 1.54) is 16.9 Å². The van der Waals surface area contributed by atoms with Gasteiger partial charge in [0.2, 0.25) is 5.91 Å². The van der Waals surface area contributed by atoms with E-state index in [1.807, 2.05) is 35.7 Å². The van der Waals surface area contributed by atoms with Crippen molar-refractivity contribution in [2.75, 3.05) is 5.32 Å². The van der Waals surface area contributed by atoms with Gasteiger partial charge in [0.1, 0.15) is 0 Å². The fourth-order valence-electron chi connectivity index (χ4n) is 2.88. The molecule has 0 aliphatic carbocycles. The number of hydrogen-bond donors (Lipinski definition) is 1. The van der Waals surface area contributed by atoms with Crippen molar-refractivity contribution in [3.05, 3.63) is 94.8 Å². The molecule has 0 radical (unpaired) electrons. The number of carbonyl (C=O) groups excluding carboxylic acids is 1. The molecule has 0 atom stereocenters. The van der Waals surface area contributed by atoms with Crippen molar-refractivity contribution >= 4 is 34.0 Å². The first-order valence-corrected chi connectivity index (χ1v) is 10.1. The highest BCUT2D eigenvalue weighted by atomic mass is 35.5. The van der Waals surface area contributed by atoms with Crippen LogP contribution in [0.3, 0.4) is 0 Å². The van der Waals surface area contributed by atoms with Crippen molar-refractivity contribution in [2.45, 2.75) is 6.42 Å². The van der Waals surface area contributed by atoms with E-state index in [-0.39, 0.29) is 12.3 Å². The number of carbonyl (C=O) groups is 1. The molecular weight excluding hydrogens is 388 g/mol. The number of amides is 1. The highest BCUT2D eigenvalue weighted by Crippen LogP contribution is 2.27. The molecule has 1 aromatic heterocycles. The third-order valence-corrected chi connectivity index (χ3v) is 5.33. The van der Waals surface area contributed by atoms with E-state index in [2.05, 4.69) is 46.7 Å². The van der Waals surface area contributed by atoms with Crippen molar-refractivity contribution in [3.8, 4) is 22.4 Å². The molecule has 4 rings (SSSR count). The summed E-state index contributed by atoms with van der Waals surface area (Å²) in [5, 5.41) is 6.08. The van der Waals surface area contributed by atoms with Gasteiger partial charge in [-0.15, -0.1) is 11.3 Å². The maximum Gasteiger partial charge on any atom is 0.230 e. The second kappa shape index (κ2) is 8.38. The van der Waals surface area contributed by atoms with E-state index in [9.17, 15) is 4.79 Å². The summed E-state index contributed by atoms with van der Waals surface area (Å²) < 4.78 is 0. The topological polar surface area (TPSA) is 42.0 Å². The number of rotatable bonds is 5. The van der Waals surface area contributed by atoms with Crippen molar-refractivity contribution in [3.63, 3.8) is 0 Å². The van der Waals surface area contributed by atoms with E-state index >= 15 is 0 Å². The Bertz CT molecular complexity index is 1070. The number of anilines is 1.